The van der Waals surface area contributed by atoms with Crippen molar-refractivity contribution in [1.29, 1.82) is 0 Å². The average molecular weight is 183 g/mol. The molecule has 1 aliphatic rings. The fraction of sp³-hybridized carbons (Fsp3) is 0.909. The Hall–Kier alpha value is -0.370. The van der Waals surface area contributed by atoms with Gasteiger partial charge in [-0.3, -0.25) is 4.79 Å². The van der Waals surface area contributed by atoms with Gasteiger partial charge in [0.2, 0.25) is 0 Å². The minimum Gasteiger partial charge on any atom is -0.321 e. The van der Waals surface area contributed by atoms with Crippen LogP contribution in [0.25, 0.3) is 0 Å². The predicted octanol–water partition coefficient (Wildman–Crippen LogP) is 2.12. The summed E-state index contributed by atoms with van der Waals surface area (Å²) in [5, 5.41) is 0. The number of ketones is 1. The van der Waals surface area contributed by atoms with Crippen molar-refractivity contribution in [2.24, 2.45) is 17.6 Å². The van der Waals surface area contributed by atoms with E-state index in [1.165, 1.54) is 19.3 Å². The summed E-state index contributed by atoms with van der Waals surface area (Å²) in [5.74, 6) is 1.27. The molecule has 1 rings (SSSR count). The van der Waals surface area contributed by atoms with E-state index in [0.29, 0.717) is 11.8 Å². The van der Waals surface area contributed by atoms with Gasteiger partial charge in [-0.1, -0.05) is 39.5 Å². The molecule has 13 heavy (non-hydrogen) atoms. The van der Waals surface area contributed by atoms with E-state index in [0.717, 1.165) is 12.8 Å². The molecule has 2 nitrogen and oxygen atoms in total. The van der Waals surface area contributed by atoms with E-state index >= 15 is 0 Å². The topological polar surface area (TPSA) is 43.1 Å². The monoisotopic (exact) mass is 183 g/mol. The van der Waals surface area contributed by atoms with Crippen LogP contribution in [0.15, 0.2) is 0 Å². The number of hydrogen-bond acceptors (Lipinski definition) is 2. The second-order valence-corrected chi connectivity index (χ2v) is 4.38. The summed E-state index contributed by atoms with van der Waals surface area (Å²) in [6.45, 7) is 4.14. The van der Waals surface area contributed by atoms with E-state index in [1.807, 2.05) is 0 Å². The molecule has 1 aliphatic carbocycles. The highest BCUT2D eigenvalue weighted by Crippen LogP contribution is 2.30. The van der Waals surface area contributed by atoms with Gasteiger partial charge in [0.15, 0.2) is 0 Å². The van der Waals surface area contributed by atoms with Gasteiger partial charge in [0, 0.05) is 6.42 Å². The Labute approximate surface area is 80.9 Å². The van der Waals surface area contributed by atoms with E-state index in [1.54, 1.807) is 0 Å². The summed E-state index contributed by atoms with van der Waals surface area (Å²) < 4.78 is 0. The Bertz CT molecular complexity index is 175. The normalized spacial score (nSPS) is 22.1. The predicted molar refractivity (Wildman–Crippen MR) is 54.4 cm³/mol. The fourth-order valence-electron chi connectivity index (χ4n) is 1.69. The third-order valence-corrected chi connectivity index (χ3v) is 3.34. The molecular weight excluding hydrogens is 162 g/mol. The smallest absolute Gasteiger partial charge is 0.150 e. The van der Waals surface area contributed by atoms with Crippen molar-refractivity contribution >= 4 is 5.78 Å². The molecule has 1 fully saturated rings. The first kappa shape index (κ1) is 10.7. The highest BCUT2D eigenvalue weighted by molar-refractivity contribution is 5.84. The molecule has 0 amide bonds. The van der Waals surface area contributed by atoms with Crippen LogP contribution in [0.3, 0.4) is 0 Å². The zero-order valence-corrected chi connectivity index (χ0v) is 8.75. The lowest BCUT2D eigenvalue weighted by molar-refractivity contribution is -0.122. The highest BCUT2D eigenvalue weighted by atomic mass is 16.1. The van der Waals surface area contributed by atoms with Gasteiger partial charge in [-0.05, 0) is 11.8 Å². The first-order valence-corrected chi connectivity index (χ1v) is 5.43. The quantitative estimate of drug-likeness (QED) is 0.709. The summed E-state index contributed by atoms with van der Waals surface area (Å²) in [4.78, 5) is 11.6. The molecule has 0 heterocycles. The van der Waals surface area contributed by atoms with Crippen LogP contribution in [0.1, 0.15) is 46.0 Å². The first-order valence-electron chi connectivity index (χ1n) is 5.43. The lowest BCUT2D eigenvalue weighted by atomic mass is 9.79. The van der Waals surface area contributed by atoms with Crippen LogP contribution in [0, 0.1) is 11.8 Å². The number of carbonyl (C=O) groups excluding carboxylic acids is 1. The molecule has 2 N–H and O–H groups in total. The minimum absolute atomic E-state index is 0.217. The molecule has 0 aliphatic heterocycles. The maximum atomic E-state index is 11.6. The highest BCUT2D eigenvalue weighted by Gasteiger charge is 2.25. The molecule has 0 bridgehead atoms. The minimum atomic E-state index is -0.217. The van der Waals surface area contributed by atoms with Crippen molar-refractivity contribution in [2.75, 3.05) is 0 Å². The van der Waals surface area contributed by atoms with Crippen molar-refractivity contribution in [3.8, 4) is 0 Å². The molecule has 0 radical (unpaired) electrons. The molecule has 0 aromatic heterocycles. The van der Waals surface area contributed by atoms with Crippen LogP contribution in [-0.4, -0.2) is 11.8 Å². The number of nitrogens with two attached hydrogens (primary N) is 1. The van der Waals surface area contributed by atoms with Crippen molar-refractivity contribution in [2.45, 2.75) is 52.0 Å². The molecule has 1 saturated carbocycles. The van der Waals surface area contributed by atoms with Crippen molar-refractivity contribution in [1.82, 2.24) is 0 Å². The lowest BCUT2D eigenvalue weighted by Crippen LogP contribution is -2.38. The Balaban J connectivity index is 2.28. The summed E-state index contributed by atoms with van der Waals surface area (Å²) >= 11 is 0. The van der Waals surface area contributed by atoms with Crippen molar-refractivity contribution in [3.05, 3.63) is 0 Å². The van der Waals surface area contributed by atoms with Gasteiger partial charge in [-0.15, -0.1) is 0 Å². The average Bonchev–Trinajstić information content (AvgIpc) is 2.08. The van der Waals surface area contributed by atoms with Crippen LogP contribution in [0.2, 0.25) is 0 Å². The number of rotatable bonds is 5. The van der Waals surface area contributed by atoms with Crippen molar-refractivity contribution < 1.29 is 4.79 Å². The molecule has 76 valence electrons. The summed E-state index contributed by atoms with van der Waals surface area (Å²) in [6.07, 6.45) is 5.50. The second-order valence-electron chi connectivity index (χ2n) is 4.38. The van der Waals surface area contributed by atoms with E-state index in [4.69, 9.17) is 5.73 Å². The van der Waals surface area contributed by atoms with E-state index in [2.05, 4.69) is 13.8 Å². The largest absolute Gasteiger partial charge is 0.321 e. The Kier molecular flexibility index (Phi) is 3.91. The van der Waals surface area contributed by atoms with Gasteiger partial charge in [-0.2, -0.15) is 0 Å². The van der Waals surface area contributed by atoms with Crippen LogP contribution in [-0.2, 0) is 4.79 Å². The Morgan fingerprint density at radius 1 is 1.54 bits per heavy atom. The van der Waals surface area contributed by atoms with Gasteiger partial charge in [0.1, 0.15) is 5.78 Å². The molecule has 2 atom stereocenters. The molecule has 2 unspecified atom stereocenters. The summed E-state index contributed by atoms with van der Waals surface area (Å²) in [6, 6.07) is -0.217. The number of Topliss-reactive ketones (excluding diaryl/α,β-unsaturated/α-hetero) is 1. The van der Waals surface area contributed by atoms with E-state index < -0.39 is 0 Å². The lowest BCUT2D eigenvalue weighted by Gasteiger charge is -2.26. The number of hydrogen-bond donors (Lipinski definition) is 1. The maximum Gasteiger partial charge on any atom is 0.150 e. The van der Waals surface area contributed by atoms with Gasteiger partial charge in [-0.25, -0.2) is 0 Å². The zero-order valence-electron chi connectivity index (χ0n) is 8.75. The molecular formula is C11H21NO. The number of carbonyl (C=O) groups is 1. The van der Waals surface area contributed by atoms with Gasteiger partial charge < -0.3 is 5.73 Å². The molecule has 0 spiro atoms. The van der Waals surface area contributed by atoms with Gasteiger partial charge in [0.25, 0.3) is 0 Å². The van der Waals surface area contributed by atoms with Crippen LogP contribution >= 0.6 is 0 Å². The third-order valence-electron chi connectivity index (χ3n) is 3.34. The molecule has 0 aromatic rings. The molecule has 0 aromatic carbocycles. The van der Waals surface area contributed by atoms with Gasteiger partial charge in [0.05, 0.1) is 6.04 Å². The Morgan fingerprint density at radius 3 is 2.54 bits per heavy atom. The van der Waals surface area contributed by atoms with E-state index in [-0.39, 0.29) is 11.8 Å². The third kappa shape index (κ3) is 2.80. The van der Waals surface area contributed by atoms with E-state index in [9.17, 15) is 4.79 Å². The van der Waals surface area contributed by atoms with Crippen LogP contribution < -0.4 is 5.73 Å². The fourth-order valence-corrected chi connectivity index (χ4v) is 1.69. The summed E-state index contributed by atoms with van der Waals surface area (Å²) in [5.41, 5.74) is 5.85. The standard InChI is InChI=1S/C11H21NO/c1-3-8(2)11(12)10(13)7-9-5-4-6-9/h8-9,11H,3-7,12H2,1-2H3. The molecule has 0 saturated heterocycles. The summed E-state index contributed by atoms with van der Waals surface area (Å²) in [7, 11) is 0. The second kappa shape index (κ2) is 4.75. The van der Waals surface area contributed by atoms with Crippen LogP contribution in [0.4, 0.5) is 0 Å². The molecule has 2 heteroatoms. The first-order chi connectivity index (χ1) is 6.15. The van der Waals surface area contributed by atoms with Crippen molar-refractivity contribution in [3.63, 3.8) is 0 Å². The Morgan fingerprint density at radius 2 is 2.15 bits per heavy atom. The van der Waals surface area contributed by atoms with Gasteiger partial charge >= 0.3 is 0 Å². The van der Waals surface area contributed by atoms with Crippen LogP contribution in [0.5, 0.6) is 0 Å². The SMILES string of the molecule is CCC(C)C(N)C(=O)CC1CCC1. The maximum absolute atomic E-state index is 11.6. The zero-order chi connectivity index (χ0) is 9.84.